The lowest BCUT2D eigenvalue weighted by Gasteiger charge is -2.19. The summed E-state index contributed by atoms with van der Waals surface area (Å²) < 4.78 is 5.02. The summed E-state index contributed by atoms with van der Waals surface area (Å²) in [6, 6.07) is 7.86. The Balaban J connectivity index is 2.30. The van der Waals surface area contributed by atoms with Crippen LogP contribution in [0.25, 0.3) is 0 Å². The minimum atomic E-state index is -0.543. The van der Waals surface area contributed by atoms with Crippen LogP contribution < -0.4 is 16.0 Å². The molecule has 0 aliphatic carbocycles. The van der Waals surface area contributed by atoms with Crippen molar-refractivity contribution in [1.82, 2.24) is 16.0 Å². The lowest BCUT2D eigenvalue weighted by molar-refractivity contribution is -0.129. The van der Waals surface area contributed by atoms with E-state index in [0.29, 0.717) is 39.0 Å². The first-order chi connectivity index (χ1) is 16.3. The van der Waals surface area contributed by atoms with Crippen LogP contribution in [0.5, 0.6) is 0 Å². The van der Waals surface area contributed by atoms with Gasteiger partial charge in [-0.25, -0.2) is 0 Å². The van der Waals surface area contributed by atoms with E-state index in [1.54, 1.807) is 7.11 Å². The number of carbonyl (C=O) groups is 3. The molecular formula is C27H45N3O4. The first-order valence-corrected chi connectivity index (χ1v) is 12.7. The molecule has 1 aromatic rings. The van der Waals surface area contributed by atoms with Crippen LogP contribution in [-0.2, 0) is 25.5 Å². The molecule has 1 atom stereocenters. The van der Waals surface area contributed by atoms with E-state index in [4.69, 9.17) is 4.74 Å². The van der Waals surface area contributed by atoms with Crippen molar-refractivity contribution in [1.29, 1.82) is 0 Å². The summed E-state index contributed by atoms with van der Waals surface area (Å²) in [5, 5.41) is 8.77. The van der Waals surface area contributed by atoms with Crippen LogP contribution in [0, 0.1) is 12.8 Å². The van der Waals surface area contributed by atoms with Crippen molar-refractivity contribution in [2.24, 2.45) is 5.92 Å². The first-order valence-electron chi connectivity index (χ1n) is 12.7. The zero-order valence-corrected chi connectivity index (χ0v) is 21.6. The molecule has 0 aliphatic rings. The van der Waals surface area contributed by atoms with Crippen molar-refractivity contribution < 1.29 is 19.1 Å². The van der Waals surface area contributed by atoms with Gasteiger partial charge in [-0.1, -0.05) is 43.7 Å². The Labute approximate surface area is 205 Å². The van der Waals surface area contributed by atoms with E-state index >= 15 is 0 Å². The standard InChI is InChI=1S/C27H45N3O4/c1-21(2)20-26(32)30-24(27(33)29-18-7-8-19-34-4)11-5-6-17-28-25(31)12-9-10-23-15-13-22(3)14-16-23/h13-16,21,24H,5-12,17-20H2,1-4H3,(H,28,31)(H,29,33)(H,30,32)/t24-/m0/s1. The molecule has 0 fully saturated rings. The zero-order chi connectivity index (χ0) is 25.2. The minimum absolute atomic E-state index is 0.0581. The predicted molar refractivity (Wildman–Crippen MR) is 136 cm³/mol. The number of rotatable bonds is 18. The van der Waals surface area contributed by atoms with Gasteiger partial charge in [0.1, 0.15) is 6.04 Å². The van der Waals surface area contributed by atoms with Gasteiger partial charge in [-0.2, -0.15) is 0 Å². The van der Waals surface area contributed by atoms with Crippen molar-refractivity contribution in [2.75, 3.05) is 26.8 Å². The number of methoxy groups -OCH3 is 1. The summed E-state index contributed by atoms with van der Waals surface area (Å²) in [4.78, 5) is 36.9. The normalized spacial score (nSPS) is 11.8. The Morgan fingerprint density at radius 2 is 1.56 bits per heavy atom. The number of hydrogen-bond acceptors (Lipinski definition) is 4. The average molecular weight is 476 g/mol. The van der Waals surface area contributed by atoms with Crippen LogP contribution >= 0.6 is 0 Å². The molecule has 7 nitrogen and oxygen atoms in total. The summed E-state index contributed by atoms with van der Waals surface area (Å²) in [7, 11) is 1.66. The highest BCUT2D eigenvalue weighted by Crippen LogP contribution is 2.08. The Morgan fingerprint density at radius 1 is 0.882 bits per heavy atom. The number of ether oxygens (including phenoxy) is 1. The highest BCUT2D eigenvalue weighted by atomic mass is 16.5. The topological polar surface area (TPSA) is 96.5 Å². The predicted octanol–water partition coefficient (Wildman–Crippen LogP) is 3.68. The number of unbranched alkanes of at least 4 members (excludes halogenated alkanes) is 2. The molecular weight excluding hydrogens is 430 g/mol. The minimum Gasteiger partial charge on any atom is -0.385 e. The van der Waals surface area contributed by atoms with Crippen molar-refractivity contribution in [3.8, 4) is 0 Å². The van der Waals surface area contributed by atoms with Crippen LogP contribution in [0.3, 0.4) is 0 Å². The second-order valence-electron chi connectivity index (χ2n) is 9.39. The maximum atomic E-state index is 12.6. The van der Waals surface area contributed by atoms with Gasteiger partial charge in [-0.3, -0.25) is 14.4 Å². The molecule has 3 amide bonds. The Morgan fingerprint density at radius 3 is 2.24 bits per heavy atom. The molecule has 192 valence electrons. The third kappa shape index (κ3) is 14.7. The number of aryl methyl sites for hydroxylation is 2. The van der Waals surface area contributed by atoms with Gasteiger partial charge in [0.15, 0.2) is 0 Å². The molecule has 0 heterocycles. The third-order valence-corrected chi connectivity index (χ3v) is 5.55. The highest BCUT2D eigenvalue weighted by molar-refractivity contribution is 5.87. The molecule has 1 aromatic carbocycles. The van der Waals surface area contributed by atoms with Crippen molar-refractivity contribution >= 4 is 17.7 Å². The van der Waals surface area contributed by atoms with E-state index in [2.05, 4.69) is 47.1 Å². The van der Waals surface area contributed by atoms with Gasteiger partial charge in [0.25, 0.3) is 0 Å². The van der Waals surface area contributed by atoms with Gasteiger partial charge >= 0.3 is 0 Å². The van der Waals surface area contributed by atoms with E-state index in [9.17, 15) is 14.4 Å². The van der Waals surface area contributed by atoms with Crippen LogP contribution in [0.15, 0.2) is 24.3 Å². The van der Waals surface area contributed by atoms with E-state index < -0.39 is 6.04 Å². The Kier molecular flexibility index (Phi) is 15.7. The number of hydrogen-bond donors (Lipinski definition) is 3. The zero-order valence-electron chi connectivity index (χ0n) is 21.6. The van der Waals surface area contributed by atoms with Gasteiger partial charge in [0.05, 0.1) is 0 Å². The van der Waals surface area contributed by atoms with Gasteiger partial charge < -0.3 is 20.7 Å². The molecule has 3 N–H and O–H groups in total. The molecule has 0 saturated carbocycles. The summed E-state index contributed by atoms with van der Waals surface area (Å²) >= 11 is 0. The van der Waals surface area contributed by atoms with Crippen LogP contribution in [0.4, 0.5) is 0 Å². The Hall–Kier alpha value is -2.41. The SMILES string of the molecule is COCCCCNC(=O)[C@H](CCCCNC(=O)CCCc1ccc(C)cc1)NC(=O)CC(C)C. The average Bonchev–Trinajstić information content (AvgIpc) is 2.78. The molecule has 0 spiro atoms. The molecule has 0 radical (unpaired) electrons. The molecule has 1 rings (SSSR count). The second kappa shape index (κ2) is 18.0. The molecule has 0 unspecified atom stereocenters. The quantitative estimate of drug-likeness (QED) is 0.282. The summed E-state index contributed by atoms with van der Waals surface area (Å²) in [6.07, 6.45) is 6.40. The second-order valence-corrected chi connectivity index (χ2v) is 9.39. The molecule has 0 aliphatic heterocycles. The fourth-order valence-electron chi connectivity index (χ4n) is 3.60. The Bertz CT molecular complexity index is 719. The van der Waals surface area contributed by atoms with Gasteiger partial charge in [0, 0.05) is 39.6 Å². The number of nitrogens with one attached hydrogen (secondary N) is 3. The molecule has 34 heavy (non-hydrogen) atoms. The van der Waals surface area contributed by atoms with E-state index in [-0.39, 0.29) is 23.6 Å². The van der Waals surface area contributed by atoms with Crippen molar-refractivity contribution in [3.05, 3.63) is 35.4 Å². The highest BCUT2D eigenvalue weighted by Gasteiger charge is 2.20. The van der Waals surface area contributed by atoms with E-state index in [0.717, 1.165) is 38.5 Å². The molecule has 7 heteroatoms. The lowest BCUT2D eigenvalue weighted by Crippen LogP contribution is -2.47. The third-order valence-electron chi connectivity index (χ3n) is 5.55. The lowest BCUT2D eigenvalue weighted by atomic mass is 10.1. The van der Waals surface area contributed by atoms with Crippen molar-refractivity contribution in [2.45, 2.75) is 84.6 Å². The summed E-state index contributed by atoms with van der Waals surface area (Å²) in [5.74, 6) is 0.0488. The van der Waals surface area contributed by atoms with E-state index in [1.165, 1.54) is 11.1 Å². The van der Waals surface area contributed by atoms with Crippen LogP contribution in [-0.4, -0.2) is 50.6 Å². The smallest absolute Gasteiger partial charge is 0.242 e. The molecule has 0 bridgehead atoms. The largest absolute Gasteiger partial charge is 0.385 e. The number of carbonyl (C=O) groups excluding carboxylic acids is 3. The fraction of sp³-hybridized carbons (Fsp3) is 0.667. The summed E-state index contributed by atoms with van der Waals surface area (Å²) in [5.41, 5.74) is 2.49. The molecule has 0 saturated heterocycles. The maximum Gasteiger partial charge on any atom is 0.242 e. The van der Waals surface area contributed by atoms with Crippen molar-refractivity contribution in [3.63, 3.8) is 0 Å². The number of amides is 3. The summed E-state index contributed by atoms with van der Waals surface area (Å²) in [6.45, 7) is 7.84. The monoisotopic (exact) mass is 475 g/mol. The van der Waals surface area contributed by atoms with E-state index in [1.807, 2.05) is 13.8 Å². The van der Waals surface area contributed by atoms with Crippen LogP contribution in [0.2, 0.25) is 0 Å². The van der Waals surface area contributed by atoms with Gasteiger partial charge in [-0.05, 0) is 63.4 Å². The first kappa shape index (κ1) is 29.6. The fourth-order valence-corrected chi connectivity index (χ4v) is 3.60. The van der Waals surface area contributed by atoms with Gasteiger partial charge in [0.2, 0.25) is 17.7 Å². The number of benzene rings is 1. The maximum absolute atomic E-state index is 12.6. The van der Waals surface area contributed by atoms with Crippen LogP contribution in [0.1, 0.15) is 76.3 Å². The van der Waals surface area contributed by atoms with Gasteiger partial charge in [-0.15, -0.1) is 0 Å². The molecule has 0 aromatic heterocycles.